The van der Waals surface area contributed by atoms with Crippen molar-refractivity contribution in [3.63, 3.8) is 0 Å². The van der Waals surface area contributed by atoms with E-state index in [4.69, 9.17) is 5.14 Å². The minimum absolute atomic E-state index is 0.424. The Labute approximate surface area is 85.8 Å². The highest BCUT2D eigenvalue weighted by Crippen LogP contribution is 2.12. The van der Waals surface area contributed by atoms with Crippen molar-refractivity contribution in [3.8, 4) is 0 Å². The molecular formula is C8H19N3O2S. The molecule has 1 saturated heterocycles. The van der Waals surface area contributed by atoms with E-state index in [1.807, 2.05) is 0 Å². The van der Waals surface area contributed by atoms with E-state index in [1.165, 1.54) is 4.31 Å². The zero-order valence-corrected chi connectivity index (χ0v) is 9.55. The molecular weight excluding hydrogens is 202 g/mol. The van der Waals surface area contributed by atoms with E-state index in [0.717, 1.165) is 12.8 Å². The largest absolute Gasteiger partial charge is 0.312 e. The second kappa shape index (κ2) is 4.57. The highest BCUT2D eigenvalue weighted by Gasteiger charge is 2.25. The monoisotopic (exact) mass is 221 g/mol. The molecule has 0 aliphatic carbocycles. The van der Waals surface area contributed by atoms with Gasteiger partial charge >= 0.3 is 0 Å². The van der Waals surface area contributed by atoms with Crippen LogP contribution in [0, 0.1) is 0 Å². The molecule has 1 aliphatic rings. The Morgan fingerprint density at radius 3 is 2.21 bits per heavy atom. The first-order chi connectivity index (χ1) is 6.39. The topological polar surface area (TPSA) is 75.4 Å². The first kappa shape index (κ1) is 11.9. The van der Waals surface area contributed by atoms with Crippen molar-refractivity contribution in [1.82, 2.24) is 9.62 Å². The molecule has 0 unspecified atom stereocenters. The smallest absolute Gasteiger partial charge is 0.276 e. The minimum Gasteiger partial charge on any atom is -0.312 e. The van der Waals surface area contributed by atoms with E-state index in [9.17, 15) is 8.42 Å². The SMILES string of the molecule is CC(C)NC1CCN(S(N)(=O)=O)CC1. The molecule has 1 fully saturated rings. The van der Waals surface area contributed by atoms with Crippen LogP contribution in [0.15, 0.2) is 0 Å². The van der Waals surface area contributed by atoms with Crippen LogP contribution >= 0.6 is 0 Å². The van der Waals surface area contributed by atoms with E-state index in [1.54, 1.807) is 0 Å². The minimum atomic E-state index is -3.47. The summed E-state index contributed by atoms with van der Waals surface area (Å²) in [7, 11) is -3.47. The van der Waals surface area contributed by atoms with Gasteiger partial charge in [-0.1, -0.05) is 13.8 Å². The fourth-order valence-electron chi connectivity index (χ4n) is 1.75. The molecule has 14 heavy (non-hydrogen) atoms. The molecule has 5 nitrogen and oxygen atoms in total. The van der Waals surface area contributed by atoms with Gasteiger partial charge in [-0.3, -0.25) is 0 Å². The van der Waals surface area contributed by atoms with Gasteiger partial charge in [0.25, 0.3) is 10.2 Å². The highest BCUT2D eigenvalue weighted by molar-refractivity contribution is 7.86. The Balaban J connectivity index is 2.39. The summed E-state index contributed by atoms with van der Waals surface area (Å²) in [4.78, 5) is 0. The van der Waals surface area contributed by atoms with Crippen molar-refractivity contribution in [1.29, 1.82) is 0 Å². The second-order valence-electron chi connectivity index (χ2n) is 4.04. The fraction of sp³-hybridized carbons (Fsp3) is 1.00. The van der Waals surface area contributed by atoms with Gasteiger partial charge < -0.3 is 5.32 Å². The Bertz CT molecular complexity index is 268. The molecule has 1 rings (SSSR count). The quantitative estimate of drug-likeness (QED) is 0.684. The Kier molecular flexibility index (Phi) is 3.88. The summed E-state index contributed by atoms with van der Waals surface area (Å²) in [6.45, 7) is 5.24. The highest BCUT2D eigenvalue weighted by atomic mass is 32.2. The van der Waals surface area contributed by atoms with Gasteiger partial charge in [0, 0.05) is 25.2 Å². The number of nitrogens with zero attached hydrogens (tertiary/aromatic N) is 1. The summed E-state index contributed by atoms with van der Waals surface area (Å²) in [6, 6.07) is 0.869. The number of piperidine rings is 1. The summed E-state index contributed by atoms with van der Waals surface area (Å²) < 4.78 is 23.3. The van der Waals surface area contributed by atoms with E-state index < -0.39 is 10.2 Å². The fourth-order valence-corrected chi connectivity index (χ4v) is 2.47. The molecule has 0 radical (unpaired) electrons. The second-order valence-corrected chi connectivity index (χ2v) is 5.59. The molecule has 0 amide bonds. The lowest BCUT2D eigenvalue weighted by Gasteiger charge is -2.31. The number of hydrogen-bond acceptors (Lipinski definition) is 3. The van der Waals surface area contributed by atoms with Crippen LogP contribution in [-0.4, -0.2) is 37.9 Å². The zero-order valence-electron chi connectivity index (χ0n) is 8.73. The molecule has 0 atom stereocenters. The van der Waals surface area contributed by atoms with Crippen molar-refractivity contribution in [3.05, 3.63) is 0 Å². The molecule has 6 heteroatoms. The van der Waals surface area contributed by atoms with E-state index in [-0.39, 0.29) is 0 Å². The van der Waals surface area contributed by atoms with Crippen molar-refractivity contribution in [2.45, 2.75) is 38.8 Å². The van der Waals surface area contributed by atoms with Gasteiger partial charge in [0.1, 0.15) is 0 Å². The van der Waals surface area contributed by atoms with Crippen LogP contribution in [0.3, 0.4) is 0 Å². The van der Waals surface area contributed by atoms with Gasteiger partial charge in [-0.05, 0) is 12.8 Å². The van der Waals surface area contributed by atoms with Gasteiger partial charge in [0.2, 0.25) is 0 Å². The maximum absolute atomic E-state index is 11.0. The lowest BCUT2D eigenvalue weighted by atomic mass is 10.1. The van der Waals surface area contributed by atoms with Gasteiger partial charge in [-0.25, -0.2) is 5.14 Å². The van der Waals surface area contributed by atoms with Crippen LogP contribution in [0.5, 0.6) is 0 Å². The molecule has 3 N–H and O–H groups in total. The van der Waals surface area contributed by atoms with Crippen LogP contribution in [0.2, 0.25) is 0 Å². The molecule has 1 aliphatic heterocycles. The zero-order chi connectivity index (χ0) is 10.8. The van der Waals surface area contributed by atoms with Gasteiger partial charge in [0.15, 0.2) is 0 Å². The van der Waals surface area contributed by atoms with E-state index in [0.29, 0.717) is 25.2 Å². The molecule has 0 saturated carbocycles. The van der Waals surface area contributed by atoms with Gasteiger partial charge in [-0.2, -0.15) is 12.7 Å². The summed E-state index contributed by atoms with van der Waals surface area (Å²) in [6.07, 6.45) is 1.68. The number of rotatable bonds is 3. The Morgan fingerprint density at radius 1 is 1.36 bits per heavy atom. The predicted octanol–water partition coefficient (Wildman–Crippen LogP) is -0.348. The summed E-state index contributed by atoms with van der Waals surface area (Å²) in [5, 5.41) is 8.43. The first-order valence-corrected chi connectivity index (χ1v) is 6.44. The predicted molar refractivity (Wildman–Crippen MR) is 56.0 cm³/mol. The molecule has 84 valence electrons. The van der Waals surface area contributed by atoms with Crippen LogP contribution in [0.25, 0.3) is 0 Å². The third-order valence-corrected chi connectivity index (χ3v) is 3.47. The molecule has 0 aromatic rings. The molecule has 0 aromatic carbocycles. The average Bonchev–Trinajstić information content (AvgIpc) is 2.02. The van der Waals surface area contributed by atoms with Gasteiger partial charge in [0.05, 0.1) is 0 Å². The number of nitrogens with one attached hydrogen (secondary N) is 1. The van der Waals surface area contributed by atoms with E-state index in [2.05, 4.69) is 19.2 Å². The standard InChI is InChI=1S/C8H19N3O2S/c1-7(2)10-8-3-5-11(6-4-8)14(9,12)13/h7-8,10H,3-6H2,1-2H3,(H2,9,12,13). The average molecular weight is 221 g/mol. The summed E-state index contributed by atoms with van der Waals surface area (Å²) >= 11 is 0. The number of nitrogens with two attached hydrogens (primary N) is 1. The molecule has 0 aromatic heterocycles. The normalized spacial score (nSPS) is 21.7. The third kappa shape index (κ3) is 3.53. The van der Waals surface area contributed by atoms with Crippen molar-refractivity contribution < 1.29 is 8.42 Å². The number of hydrogen-bond donors (Lipinski definition) is 2. The lowest BCUT2D eigenvalue weighted by molar-refractivity contribution is 0.280. The maximum Gasteiger partial charge on any atom is 0.276 e. The molecule has 0 bridgehead atoms. The molecule has 0 spiro atoms. The van der Waals surface area contributed by atoms with Crippen LogP contribution in [0.4, 0.5) is 0 Å². The third-order valence-electron chi connectivity index (χ3n) is 2.38. The van der Waals surface area contributed by atoms with Crippen molar-refractivity contribution in [2.75, 3.05) is 13.1 Å². The van der Waals surface area contributed by atoms with Crippen molar-refractivity contribution in [2.24, 2.45) is 5.14 Å². The molecule has 1 heterocycles. The maximum atomic E-state index is 11.0. The van der Waals surface area contributed by atoms with Gasteiger partial charge in [-0.15, -0.1) is 0 Å². The van der Waals surface area contributed by atoms with Crippen LogP contribution in [-0.2, 0) is 10.2 Å². The Hall–Kier alpha value is -0.170. The van der Waals surface area contributed by atoms with Crippen molar-refractivity contribution >= 4 is 10.2 Å². The summed E-state index contributed by atoms with van der Waals surface area (Å²) in [5.41, 5.74) is 0. The van der Waals surface area contributed by atoms with Crippen LogP contribution < -0.4 is 10.5 Å². The van der Waals surface area contributed by atoms with Crippen LogP contribution in [0.1, 0.15) is 26.7 Å². The summed E-state index contributed by atoms with van der Waals surface area (Å²) in [5.74, 6) is 0. The Morgan fingerprint density at radius 2 is 1.86 bits per heavy atom. The first-order valence-electron chi connectivity index (χ1n) is 4.93. The van der Waals surface area contributed by atoms with E-state index >= 15 is 0 Å². The lowest BCUT2D eigenvalue weighted by Crippen LogP contribution is -2.48.